The number of aldehydes is 1. The Morgan fingerprint density at radius 3 is 1.52 bits per heavy atom. The molecule has 0 saturated heterocycles. The second kappa shape index (κ2) is 20.6. The molecule has 308 valence electrons. The fourth-order valence-electron chi connectivity index (χ4n) is 5.93. The number of hydrogen-bond donors (Lipinski definition) is 0. The van der Waals surface area contributed by atoms with Crippen LogP contribution in [0, 0.1) is 78.2 Å². The third kappa shape index (κ3) is 10.8. The van der Waals surface area contributed by atoms with Crippen LogP contribution in [0.25, 0.3) is 36.4 Å². The van der Waals surface area contributed by atoms with Gasteiger partial charge in [-0.25, -0.2) is 19.8 Å². The summed E-state index contributed by atoms with van der Waals surface area (Å²) in [6.45, 7) is 48.2. The monoisotopic (exact) mass is 831 g/mol. The molecule has 0 saturated carbocycles. The minimum atomic E-state index is -0.886. The molecule has 3 heterocycles. The van der Waals surface area contributed by atoms with Crippen molar-refractivity contribution in [2.75, 3.05) is 7.11 Å². The van der Waals surface area contributed by atoms with Gasteiger partial charge in [0.15, 0.2) is 11.3 Å². The molecule has 14 heteroatoms. The van der Waals surface area contributed by atoms with E-state index < -0.39 is 16.8 Å². The van der Waals surface area contributed by atoms with Crippen LogP contribution < -0.4 is 4.74 Å². The van der Waals surface area contributed by atoms with E-state index in [4.69, 9.17) is 57.1 Å². The maximum atomic E-state index is 10.2. The van der Waals surface area contributed by atoms with E-state index in [9.17, 15) is 20.6 Å². The summed E-state index contributed by atoms with van der Waals surface area (Å²) in [7, 11) is 1.59. The van der Waals surface area contributed by atoms with E-state index in [-0.39, 0.29) is 51.3 Å². The van der Waals surface area contributed by atoms with Gasteiger partial charge in [0.25, 0.3) is 5.70 Å². The van der Waals surface area contributed by atoms with Crippen LogP contribution in [-0.4, -0.2) is 30.2 Å². The highest BCUT2D eigenvalue weighted by atomic mass is 16.5. The number of nitriles is 4. The number of carbonyl (C=O) groups excluding carboxylic acids is 1. The Morgan fingerprint density at radius 2 is 1.10 bits per heavy atom. The van der Waals surface area contributed by atoms with Gasteiger partial charge in [-0.3, -0.25) is 4.79 Å². The van der Waals surface area contributed by atoms with Crippen molar-refractivity contribution in [3.05, 3.63) is 203 Å². The van der Waals surface area contributed by atoms with Crippen molar-refractivity contribution in [2.24, 2.45) is 0 Å². The molecular formula is C49H37N9O5. The molecule has 3 aliphatic heterocycles. The minimum Gasteiger partial charge on any atom is -0.506 e. The average Bonchev–Trinajstić information content (AvgIpc) is 3.79. The summed E-state index contributed by atoms with van der Waals surface area (Å²) >= 11 is 0. The number of carbonyl (C=O) groups is 1. The molecule has 0 bridgehead atoms. The fraction of sp³-hybridized carbons (Fsp3) is 0.224. The van der Waals surface area contributed by atoms with Crippen LogP contribution in [0.5, 0.6) is 5.75 Å². The Morgan fingerprint density at radius 1 is 0.619 bits per heavy atom. The first-order valence-corrected chi connectivity index (χ1v) is 18.5. The number of ether oxygens (including phenoxy) is 4. The van der Waals surface area contributed by atoms with Crippen LogP contribution in [0.1, 0.15) is 70.0 Å². The van der Waals surface area contributed by atoms with Crippen molar-refractivity contribution >= 4 is 18.4 Å². The molecule has 0 N–H and O–H groups in total. The predicted octanol–water partition coefficient (Wildman–Crippen LogP) is 10.8. The zero-order valence-corrected chi connectivity index (χ0v) is 35.6. The first kappa shape index (κ1) is 48.0. The first-order chi connectivity index (χ1) is 29.9. The maximum Gasteiger partial charge on any atom is 0.563 e. The highest BCUT2D eigenvalue weighted by molar-refractivity contribution is 5.74. The highest BCUT2D eigenvalue weighted by Gasteiger charge is 2.42. The van der Waals surface area contributed by atoms with Crippen LogP contribution in [0.15, 0.2) is 129 Å². The van der Waals surface area contributed by atoms with Crippen molar-refractivity contribution in [1.29, 1.82) is 21.0 Å². The van der Waals surface area contributed by atoms with Crippen molar-refractivity contribution in [2.45, 2.75) is 65.3 Å². The minimum absolute atomic E-state index is 0.00193. The van der Waals surface area contributed by atoms with Gasteiger partial charge in [-0.2, -0.15) is 25.5 Å². The summed E-state index contributed by atoms with van der Waals surface area (Å²) in [6.07, 6.45) is 7.94. The van der Waals surface area contributed by atoms with E-state index >= 15 is 0 Å². The second-order valence-electron chi connectivity index (χ2n) is 14.6. The van der Waals surface area contributed by atoms with E-state index in [2.05, 4.69) is 30.3 Å². The molecule has 0 aliphatic carbocycles. The average molecular weight is 832 g/mol. The van der Waals surface area contributed by atoms with E-state index in [0.29, 0.717) is 16.7 Å². The molecule has 0 radical (unpaired) electrons. The molecule has 0 amide bonds. The lowest BCUT2D eigenvalue weighted by atomic mass is 9.94. The normalized spacial score (nSPS) is 16.7. The van der Waals surface area contributed by atoms with Crippen molar-refractivity contribution < 1.29 is 23.7 Å². The second-order valence-corrected chi connectivity index (χ2v) is 14.6. The Bertz CT molecular complexity index is 2700. The number of allylic oxidation sites excluding steroid dienone is 3. The third-order valence-corrected chi connectivity index (χ3v) is 9.52. The Hall–Kier alpha value is -9.36. The number of rotatable bonds is 6. The van der Waals surface area contributed by atoms with Crippen LogP contribution in [0.2, 0.25) is 0 Å². The molecule has 0 fully saturated rings. The van der Waals surface area contributed by atoms with Gasteiger partial charge in [-0.05, 0) is 89.4 Å². The summed E-state index contributed by atoms with van der Waals surface area (Å²) in [5.74, 6) is 0.610. The van der Waals surface area contributed by atoms with E-state index in [1.165, 1.54) is 0 Å². The van der Waals surface area contributed by atoms with Gasteiger partial charge < -0.3 is 18.9 Å². The van der Waals surface area contributed by atoms with Crippen molar-refractivity contribution in [3.63, 3.8) is 0 Å². The Labute approximate surface area is 367 Å². The fourth-order valence-corrected chi connectivity index (χ4v) is 5.93. The number of methoxy groups -OCH3 is 1. The SMILES string of the molecule is COc1ccc(C=O)cc1.[C-]#[N+]C([N+]#[C-])=C1OC(C)(C)C(/C=C/c2ccc(/C=C/C3=C([N+]#[C-])C(=C(C#N)C#N)OC3(C)C)cc2)=C1C#N.[C-]#[N+]C1=C(C)C(C)(C)O/C1=C(\C#N)[N+]#[C-]. The van der Waals surface area contributed by atoms with Crippen LogP contribution in [-0.2, 0) is 14.2 Å². The molecular weight excluding hydrogens is 795 g/mol. The summed E-state index contributed by atoms with van der Waals surface area (Å²) < 4.78 is 21.9. The molecule has 0 unspecified atom stereocenters. The van der Waals surface area contributed by atoms with Crippen LogP contribution in [0.4, 0.5) is 0 Å². The molecule has 2 aromatic rings. The lowest BCUT2D eigenvalue weighted by Crippen LogP contribution is -2.20. The molecule has 14 nitrogen and oxygen atoms in total. The smallest absolute Gasteiger partial charge is 0.506 e. The van der Waals surface area contributed by atoms with Gasteiger partial charge in [0.05, 0.1) is 38.5 Å². The van der Waals surface area contributed by atoms with Crippen molar-refractivity contribution in [1.82, 2.24) is 0 Å². The zero-order chi connectivity index (χ0) is 47.1. The number of nitrogens with zero attached hydrogens (tertiary/aromatic N) is 9. The molecule has 5 rings (SSSR count). The van der Waals surface area contributed by atoms with Crippen molar-refractivity contribution in [3.8, 4) is 30.0 Å². The quantitative estimate of drug-likeness (QED) is 0.156. The Balaban J connectivity index is 0.000000341. The van der Waals surface area contributed by atoms with Crippen LogP contribution >= 0.6 is 0 Å². The van der Waals surface area contributed by atoms with Gasteiger partial charge in [0.2, 0.25) is 17.2 Å². The number of benzene rings is 2. The molecule has 0 aromatic heterocycles. The van der Waals surface area contributed by atoms with Gasteiger partial charge >= 0.3 is 5.82 Å². The molecule has 2 aromatic carbocycles. The summed E-state index contributed by atoms with van der Waals surface area (Å²) in [6, 6.07) is 21.8. The lowest BCUT2D eigenvalue weighted by molar-refractivity contribution is 0.0925. The van der Waals surface area contributed by atoms with Crippen LogP contribution in [0.3, 0.4) is 0 Å². The molecule has 0 atom stereocenters. The largest absolute Gasteiger partial charge is 0.563 e. The predicted molar refractivity (Wildman–Crippen MR) is 232 cm³/mol. The molecule has 3 aliphatic rings. The lowest BCUT2D eigenvalue weighted by Gasteiger charge is -2.21. The molecule has 63 heavy (non-hydrogen) atoms. The maximum absolute atomic E-state index is 10.2. The van der Waals surface area contributed by atoms with Gasteiger partial charge in [-0.15, -0.1) is 0 Å². The summed E-state index contributed by atoms with van der Waals surface area (Å²) in [4.78, 5) is 26.4. The number of hydrogen-bond acceptors (Lipinski definition) is 9. The highest BCUT2D eigenvalue weighted by Crippen LogP contribution is 2.43. The van der Waals surface area contributed by atoms with E-state index in [1.54, 1.807) is 110 Å². The van der Waals surface area contributed by atoms with Gasteiger partial charge in [0.1, 0.15) is 65.9 Å². The van der Waals surface area contributed by atoms with E-state index in [0.717, 1.165) is 28.7 Å². The third-order valence-electron chi connectivity index (χ3n) is 9.52. The standard InChI is InChI=1S/C30H20N6O2.C11H9N3O.C8H8O2/c1-29(2)23(22(18-33)27(38-29)28(35-6)36-7)14-12-19-8-10-20(11-9-19)13-15-24-25(34-5)26(21(16-31)17-32)37-30(24,3)4;1-7-9(14-5)10(8(6-12)13-4)15-11(7,2)3;1-10-8-4-2-7(6-9)3-5-8/h8-15H,1-4H3;1-3H3;2-6H,1H3/b14-12+,15-13+;10-8+;. The summed E-state index contributed by atoms with van der Waals surface area (Å²) in [5.41, 5.74) is 2.07. The topological polar surface area (TPSA) is 171 Å². The molecule has 0 spiro atoms. The summed E-state index contributed by atoms with van der Waals surface area (Å²) in [5, 5.41) is 36.8. The van der Waals surface area contributed by atoms with E-state index in [1.807, 2.05) is 36.4 Å². The van der Waals surface area contributed by atoms with Gasteiger partial charge in [0, 0.05) is 16.7 Å². The van der Waals surface area contributed by atoms with Gasteiger partial charge in [-0.1, -0.05) is 48.6 Å². The Kier molecular flexibility index (Phi) is 15.7. The first-order valence-electron chi connectivity index (χ1n) is 18.5. The zero-order valence-electron chi connectivity index (χ0n) is 35.6.